The highest BCUT2D eigenvalue weighted by Crippen LogP contribution is 2.24. The van der Waals surface area contributed by atoms with Crippen LogP contribution in [-0.2, 0) is 10.0 Å². The van der Waals surface area contributed by atoms with Crippen molar-refractivity contribution >= 4 is 33.2 Å². The van der Waals surface area contributed by atoms with Gasteiger partial charge in [-0.2, -0.15) is 0 Å². The van der Waals surface area contributed by atoms with E-state index in [0.29, 0.717) is 0 Å². The minimum absolute atomic E-state index is 0.0163. The molecule has 0 saturated heterocycles. The zero-order valence-electron chi connectivity index (χ0n) is 8.44. The van der Waals surface area contributed by atoms with Crippen LogP contribution < -0.4 is 4.72 Å². The number of nitrogens with one attached hydrogen (secondary N) is 1. The highest BCUT2D eigenvalue weighted by molar-refractivity contribution is 7.89. The van der Waals surface area contributed by atoms with Gasteiger partial charge < -0.3 is 5.11 Å². The second kappa shape index (κ2) is 5.33. The maximum absolute atomic E-state index is 11.7. The molecule has 0 aliphatic heterocycles. The van der Waals surface area contributed by atoms with Crippen molar-refractivity contribution in [2.24, 2.45) is 0 Å². The predicted octanol–water partition coefficient (Wildman–Crippen LogP) is 1.65. The Bertz CT molecular complexity index is 474. The monoisotopic (exact) mass is 283 g/mol. The summed E-state index contributed by atoms with van der Waals surface area (Å²) in [5.74, 6) is 0. The minimum Gasteiger partial charge on any atom is -0.392 e. The molecule has 0 saturated carbocycles. The van der Waals surface area contributed by atoms with Gasteiger partial charge in [-0.05, 0) is 25.1 Å². The lowest BCUT2D eigenvalue weighted by Crippen LogP contribution is -2.30. The van der Waals surface area contributed by atoms with E-state index >= 15 is 0 Å². The van der Waals surface area contributed by atoms with E-state index in [4.69, 9.17) is 28.3 Å². The molecule has 1 rings (SSSR count). The summed E-state index contributed by atoms with van der Waals surface area (Å²) >= 11 is 11.4. The van der Waals surface area contributed by atoms with Crippen LogP contribution in [-0.4, -0.2) is 26.2 Å². The lowest BCUT2D eigenvalue weighted by Gasteiger charge is -2.08. The van der Waals surface area contributed by atoms with Gasteiger partial charge in [0.05, 0.1) is 21.0 Å². The molecule has 0 fully saturated rings. The standard InChI is InChI=1S/C9H11Cl2NO3S/c1-6(13)5-12-16(14,15)7-2-3-8(10)9(11)4-7/h2-4,6,12-13H,5H2,1H3/t6-/m1/s1. The first kappa shape index (κ1) is 13.7. The Hall–Kier alpha value is -0.330. The van der Waals surface area contributed by atoms with Crippen molar-refractivity contribution in [3.05, 3.63) is 28.2 Å². The van der Waals surface area contributed by atoms with Crippen molar-refractivity contribution in [2.75, 3.05) is 6.54 Å². The Morgan fingerprint density at radius 2 is 2.00 bits per heavy atom. The molecular formula is C9H11Cl2NO3S. The van der Waals surface area contributed by atoms with Crippen molar-refractivity contribution < 1.29 is 13.5 Å². The first-order valence-corrected chi connectivity index (χ1v) is 6.69. The predicted molar refractivity (Wildman–Crippen MR) is 63.3 cm³/mol. The lowest BCUT2D eigenvalue weighted by atomic mass is 10.4. The van der Waals surface area contributed by atoms with Gasteiger partial charge in [0, 0.05) is 6.54 Å². The van der Waals surface area contributed by atoms with E-state index in [1.54, 1.807) is 0 Å². The molecule has 2 N–H and O–H groups in total. The van der Waals surface area contributed by atoms with E-state index in [0.717, 1.165) is 0 Å². The maximum atomic E-state index is 11.7. The van der Waals surface area contributed by atoms with E-state index in [1.807, 2.05) is 0 Å². The van der Waals surface area contributed by atoms with E-state index in [-0.39, 0.29) is 21.5 Å². The van der Waals surface area contributed by atoms with Crippen LogP contribution in [0.1, 0.15) is 6.92 Å². The number of rotatable bonds is 4. The molecule has 0 amide bonds. The summed E-state index contributed by atoms with van der Waals surface area (Å²) in [5, 5.41) is 9.44. The fourth-order valence-corrected chi connectivity index (χ4v) is 2.47. The Labute approximate surface area is 104 Å². The molecule has 0 heterocycles. The molecule has 16 heavy (non-hydrogen) atoms. The maximum Gasteiger partial charge on any atom is 0.240 e. The largest absolute Gasteiger partial charge is 0.392 e. The summed E-state index contributed by atoms with van der Waals surface area (Å²) in [6.07, 6.45) is -0.752. The SMILES string of the molecule is C[C@@H](O)CNS(=O)(=O)c1ccc(Cl)c(Cl)c1. The zero-order chi connectivity index (χ0) is 12.3. The molecule has 7 heteroatoms. The number of benzene rings is 1. The second-order valence-electron chi connectivity index (χ2n) is 3.28. The van der Waals surface area contributed by atoms with Crippen molar-refractivity contribution in [2.45, 2.75) is 17.9 Å². The zero-order valence-corrected chi connectivity index (χ0v) is 10.8. The van der Waals surface area contributed by atoms with E-state index in [9.17, 15) is 8.42 Å². The van der Waals surface area contributed by atoms with Crippen LogP contribution in [0.4, 0.5) is 0 Å². The van der Waals surface area contributed by atoms with Crippen LogP contribution in [0.15, 0.2) is 23.1 Å². The number of hydrogen-bond donors (Lipinski definition) is 2. The van der Waals surface area contributed by atoms with Crippen LogP contribution in [0.2, 0.25) is 10.0 Å². The Kier molecular flexibility index (Phi) is 4.58. The van der Waals surface area contributed by atoms with Crippen molar-refractivity contribution in [3.63, 3.8) is 0 Å². The highest BCUT2D eigenvalue weighted by Gasteiger charge is 2.15. The average Bonchev–Trinajstić information content (AvgIpc) is 2.19. The molecule has 0 aromatic heterocycles. The molecule has 90 valence electrons. The fraction of sp³-hybridized carbons (Fsp3) is 0.333. The summed E-state index contributed by atoms with van der Waals surface area (Å²) in [5.41, 5.74) is 0. The summed E-state index contributed by atoms with van der Waals surface area (Å²) < 4.78 is 25.6. The molecule has 0 unspecified atom stereocenters. The molecule has 1 aromatic carbocycles. The number of halogens is 2. The number of aliphatic hydroxyl groups is 1. The Morgan fingerprint density at radius 1 is 1.38 bits per heavy atom. The molecule has 4 nitrogen and oxygen atoms in total. The van der Waals surface area contributed by atoms with Crippen molar-refractivity contribution in [1.82, 2.24) is 4.72 Å². The average molecular weight is 284 g/mol. The molecule has 1 atom stereocenters. The molecule has 0 radical (unpaired) electrons. The molecule has 0 bridgehead atoms. The lowest BCUT2D eigenvalue weighted by molar-refractivity contribution is 0.198. The van der Waals surface area contributed by atoms with E-state index in [2.05, 4.69) is 4.72 Å². The van der Waals surface area contributed by atoms with Crippen LogP contribution in [0.25, 0.3) is 0 Å². The van der Waals surface area contributed by atoms with Gasteiger partial charge in [0.25, 0.3) is 0 Å². The van der Waals surface area contributed by atoms with Crippen molar-refractivity contribution in [1.29, 1.82) is 0 Å². The van der Waals surface area contributed by atoms with Gasteiger partial charge in [-0.3, -0.25) is 0 Å². The third-order valence-corrected chi connectivity index (χ3v) is 3.93. The second-order valence-corrected chi connectivity index (χ2v) is 5.86. The molecule has 0 spiro atoms. The summed E-state index contributed by atoms with van der Waals surface area (Å²) in [7, 11) is -3.65. The van der Waals surface area contributed by atoms with Gasteiger partial charge >= 0.3 is 0 Å². The normalized spacial score (nSPS) is 13.8. The van der Waals surface area contributed by atoms with Crippen LogP contribution in [0, 0.1) is 0 Å². The van der Waals surface area contributed by atoms with Gasteiger partial charge in [0.15, 0.2) is 0 Å². The van der Waals surface area contributed by atoms with Crippen LogP contribution >= 0.6 is 23.2 Å². The first-order valence-electron chi connectivity index (χ1n) is 4.45. The quantitative estimate of drug-likeness (QED) is 0.883. The van der Waals surface area contributed by atoms with Gasteiger partial charge in [-0.1, -0.05) is 23.2 Å². The summed E-state index contributed by atoms with van der Waals surface area (Å²) in [6.45, 7) is 1.43. The number of hydrogen-bond acceptors (Lipinski definition) is 3. The van der Waals surface area contributed by atoms with Crippen molar-refractivity contribution in [3.8, 4) is 0 Å². The van der Waals surface area contributed by atoms with Gasteiger partial charge in [-0.15, -0.1) is 0 Å². The van der Waals surface area contributed by atoms with Gasteiger partial charge in [0.1, 0.15) is 0 Å². The van der Waals surface area contributed by atoms with Gasteiger partial charge in [-0.25, -0.2) is 13.1 Å². The summed E-state index contributed by atoms with van der Waals surface area (Å²) in [6, 6.07) is 4.01. The topological polar surface area (TPSA) is 66.4 Å². The Balaban J connectivity index is 2.94. The van der Waals surface area contributed by atoms with E-state index in [1.165, 1.54) is 25.1 Å². The minimum atomic E-state index is -3.65. The molecule has 0 aliphatic rings. The van der Waals surface area contributed by atoms with E-state index < -0.39 is 16.1 Å². The van der Waals surface area contributed by atoms with Crippen LogP contribution in [0.5, 0.6) is 0 Å². The number of aliphatic hydroxyl groups excluding tert-OH is 1. The molecule has 1 aromatic rings. The summed E-state index contributed by atoms with van der Waals surface area (Å²) in [4.78, 5) is 0.0163. The van der Waals surface area contributed by atoms with Crippen LogP contribution in [0.3, 0.4) is 0 Å². The molecule has 0 aliphatic carbocycles. The number of sulfonamides is 1. The smallest absolute Gasteiger partial charge is 0.240 e. The third kappa shape index (κ3) is 3.61. The third-order valence-electron chi connectivity index (χ3n) is 1.77. The van der Waals surface area contributed by atoms with Gasteiger partial charge in [0.2, 0.25) is 10.0 Å². The molecular weight excluding hydrogens is 273 g/mol. The Morgan fingerprint density at radius 3 is 2.50 bits per heavy atom. The first-order chi connectivity index (χ1) is 7.33. The fourth-order valence-electron chi connectivity index (χ4n) is 0.958. The highest BCUT2D eigenvalue weighted by atomic mass is 35.5.